The fourth-order valence-electron chi connectivity index (χ4n) is 2.73. The van der Waals surface area contributed by atoms with Crippen LogP contribution in [0.3, 0.4) is 0 Å². The molecule has 0 radical (unpaired) electrons. The Bertz CT molecular complexity index is 981. The number of carbonyl (C=O) groups is 2. The van der Waals surface area contributed by atoms with Crippen molar-refractivity contribution in [3.05, 3.63) is 76.3 Å². The summed E-state index contributed by atoms with van der Waals surface area (Å²) in [5.41, 5.74) is 3.93. The molecule has 0 aliphatic carbocycles. The van der Waals surface area contributed by atoms with Gasteiger partial charge in [0.2, 0.25) is 0 Å². The number of aryl methyl sites for hydroxylation is 2. The van der Waals surface area contributed by atoms with E-state index in [4.69, 9.17) is 4.74 Å². The van der Waals surface area contributed by atoms with Gasteiger partial charge in [-0.2, -0.15) is 0 Å². The monoisotopic (exact) mass is 409 g/mol. The molecule has 2 N–H and O–H groups in total. The summed E-state index contributed by atoms with van der Waals surface area (Å²) in [7, 11) is 0. The summed E-state index contributed by atoms with van der Waals surface area (Å²) < 4.78 is 5.29. The molecule has 1 atom stereocenters. The molecule has 7 heteroatoms. The Labute approximate surface area is 173 Å². The Morgan fingerprint density at radius 2 is 1.76 bits per heavy atom. The molecule has 1 amide bonds. The van der Waals surface area contributed by atoms with Gasteiger partial charge in [0.1, 0.15) is 0 Å². The molecular weight excluding hydrogens is 386 g/mol. The number of carbonyl (C=O) groups excluding carboxylic acids is 2. The van der Waals surface area contributed by atoms with E-state index in [0.717, 1.165) is 22.4 Å². The molecule has 1 heterocycles. The summed E-state index contributed by atoms with van der Waals surface area (Å²) in [5.74, 6) is -1.01. The van der Waals surface area contributed by atoms with Crippen molar-refractivity contribution < 1.29 is 14.3 Å². The normalized spacial score (nSPS) is 11.6. The van der Waals surface area contributed by atoms with Gasteiger partial charge >= 0.3 is 5.97 Å². The van der Waals surface area contributed by atoms with E-state index < -0.39 is 12.1 Å². The van der Waals surface area contributed by atoms with Crippen LogP contribution in [0.5, 0.6) is 0 Å². The standard InChI is InChI=1S/C22H23N3O3S/c1-14-8-7-9-15(2)19(14)25-20(26)16(3)28-21(27)18-13-29-22(24-18)23-12-17-10-5-4-6-11-17/h4-11,13,16H,12H2,1-3H3,(H,23,24)(H,25,26). The molecule has 29 heavy (non-hydrogen) atoms. The predicted octanol–water partition coefficient (Wildman–Crippen LogP) is 4.56. The Balaban J connectivity index is 1.55. The quantitative estimate of drug-likeness (QED) is 0.559. The van der Waals surface area contributed by atoms with E-state index in [2.05, 4.69) is 15.6 Å². The number of nitrogens with zero attached hydrogens (tertiary/aromatic N) is 1. The fraction of sp³-hybridized carbons (Fsp3) is 0.227. The molecule has 1 unspecified atom stereocenters. The number of ether oxygens (including phenoxy) is 1. The average molecular weight is 410 g/mol. The van der Waals surface area contributed by atoms with Gasteiger partial charge in [0.15, 0.2) is 16.9 Å². The molecular formula is C22H23N3O3S. The second-order valence-electron chi connectivity index (χ2n) is 6.68. The number of hydrogen-bond donors (Lipinski definition) is 2. The maximum absolute atomic E-state index is 12.4. The summed E-state index contributed by atoms with van der Waals surface area (Å²) in [4.78, 5) is 29.0. The van der Waals surface area contributed by atoms with Gasteiger partial charge in [-0.15, -0.1) is 11.3 Å². The highest BCUT2D eigenvalue weighted by atomic mass is 32.1. The first-order valence-corrected chi connectivity index (χ1v) is 10.1. The lowest BCUT2D eigenvalue weighted by atomic mass is 10.1. The third-order valence-electron chi connectivity index (χ3n) is 4.38. The summed E-state index contributed by atoms with van der Waals surface area (Å²) in [5, 5.41) is 8.25. The minimum absolute atomic E-state index is 0.178. The first kappa shape index (κ1) is 20.5. The van der Waals surface area contributed by atoms with Gasteiger partial charge in [0.05, 0.1) is 0 Å². The first-order chi connectivity index (χ1) is 13.9. The van der Waals surface area contributed by atoms with E-state index in [1.54, 1.807) is 12.3 Å². The van der Waals surface area contributed by atoms with Gasteiger partial charge < -0.3 is 15.4 Å². The number of anilines is 2. The van der Waals surface area contributed by atoms with Gasteiger partial charge in [0, 0.05) is 17.6 Å². The van der Waals surface area contributed by atoms with Gasteiger partial charge in [-0.05, 0) is 37.5 Å². The predicted molar refractivity (Wildman–Crippen MR) is 115 cm³/mol. The lowest BCUT2D eigenvalue weighted by Gasteiger charge is -2.15. The van der Waals surface area contributed by atoms with Crippen molar-refractivity contribution in [1.29, 1.82) is 0 Å². The van der Waals surface area contributed by atoms with E-state index >= 15 is 0 Å². The molecule has 0 aliphatic heterocycles. The van der Waals surface area contributed by atoms with Gasteiger partial charge in [0.25, 0.3) is 5.91 Å². The van der Waals surface area contributed by atoms with Crippen LogP contribution in [-0.4, -0.2) is 23.0 Å². The maximum Gasteiger partial charge on any atom is 0.358 e. The highest BCUT2D eigenvalue weighted by Crippen LogP contribution is 2.21. The third-order valence-corrected chi connectivity index (χ3v) is 5.18. The Morgan fingerprint density at radius 1 is 1.07 bits per heavy atom. The number of nitrogens with one attached hydrogen (secondary N) is 2. The van der Waals surface area contributed by atoms with E-state index in [0.29, 0.717) is 11.7 Å². The van der Waals surface area contributed by atoms with E-state index in [-0.39, 0.29) is 11.6 Å². The van der Waals surface area contributed by atoms with Crippen molar-refractivity contribution in [3.8, 4) is 0 Å². The van der Waals surface area contributed by atoms with Crippen LogP contribution in [0.25, 0.3) is 0 Å². The summed E-state index contributed by atoms with van der Waals surface area (Å²) in [6.07, 6.45) is -0.941. The number of amides is 1. The topological polar surface area (TPSA) is 80.3 Å². The number of thiazole rings is 1. The minimum atomic E-state index is -0.941. The highest BCUT2D eigenvalue weighted by Gasteiger charge is 2.21. The van der Waals surface area contributed by atoms with Gasteiger partial charge in [-0.3, -0.25) is 4.79 Å². The molecule has 0 aliphatic rings. The number of esters is 1. The zero-order valence-electron chi connectivity index (χ0n) is 16.6. The van der Waals surface area contributed by atoms with Crippen molar-refractivity contribution in [2.24, 2.45) is 0 Å². The zero-order chi connectivity index (χ0) is 20.8. The van der Waals surface area contributed by atoms with Crippen LogP contribution >= 0.6 is 11.3 Å². The van der Waals surface area contributed by atoms with Crippen LogP contribution in [0.15, 0.2) is 53.9 Å². The Morgan fingerprint density at radius 3 is 2.45 bits per heavy atom. The molecule has 0 saturated carbocycles. The molecule has 0 saturated heterocycles. The van der Waals surface area contributed by atoms with Crippen molar-refractivity contribution in [3.63, 3.8) is 0 Å². The Hall–Kier alpha value is -3.19. The lowest BCUT2D eigenvalue weighted by molar-refractivity contribution is -0.123. The van der Waals surface area contributed by atoms with Crippen LogP contribution < -0.4 is 10.6 Å². The van der Waals surface area contributed by atoms with E-state index in [9.17, 15) is 9.59 Å². The van der Waals surface area contributed by atoms with Gasteiger partial charge in [-0.1, -0.05) is 48.5 Å². The first-order valence-electron chi connectivity index (χ1n) is 9.25. The molecule has 6 nitrogen and oxygen atoms in total. The third kappa shape index (κ3) is 5.42. The van der Waals surface area contributed by atoms with Crippen molar-refractivity contribution >= 4 is 34.0 Å². The van der Waals surface area contributed by atoms with Crippen LogP contribution in [-0.2, 0) is 16.1 Å². The summed E-state index contributed by atoms with van der Waals surface area (Å²) in [6, 6.07) is 15.7. The van der Waals surface area contributed by atoms with Crippen molar-refractivity contribution in [2.45, 2.75) is 33.4 Å². The SMILES string of the molecule is Cc1cccc(C)c1NC(=O)C(C)OC(=O)c1csc(NCc2ccccc2)n1. The molecule has 3 rings (SSSR count). The smallest absolute Gasteiger partial charge is 0.358 e. The largest absolute Gasteiger partial charge is 0.448 e. The van der Waals surface area contributed by atoms with Crippen molar-refractivity contribution in [2.75, 3.05) is 10.6 Å². The molecule has 0 bridgehead atoms. The molecule has 3 aromatic rings. The average Bonchev–Trinajstić information content (AvgIpc) is 3.19. The Kier molecular flexibility index (Phi) is 6.61. The van der Waals surface area contributed by atoms with E-state index in [1.165, 1.54) is 11.3 Å². The molecule has 2 aromatic carbocycles. The van der Waals surface area contributed by atoms with Crippen LogP contribution in [0.1, 0.15) is 34.1 Å². The van der Waals surface area contributed by atoms with Crippen LogP contribution in [0.2, 0.25) is 0 Å². The fourth-order valence-corrected chi connectivity index (χ4v) is 3.41. The number of aromatic nitrogens is 1. The number of benzene rings is 2. The number of para-hydroxylation sites is 1. The van der Waals surface area contributed by atoms with Gasteiger partial charge in [-0.25, -0.2) is 9.78 Å². The van der Waals surface area contributed by atoms with E-state index in [1.807, 2.05) is 62.4 Å². The number of hydrogen-bond acceptors (Lipinski definition) is 6. The molecule has 0 fully saturated rings. The zero-order valence-corrected chi connectivity index (χ0v) is 17.4. The highest BCUT2D eigenvalue weighted by molar-refractivity contribution is 7.13. The van der Waals surface area contributed by atoms with Crippen molar-refractivity contribution in [1.82, 2.24) is 4.98 Å². The second kappa shape index (κ2) is 9.34. The second-order valence-corrected chi connectivity index (χ2v) is 7.54. The molecule has 0 spiro atoms. The minimum Gasteiger partial charge on any atom is -0.448 e. The summed E-state index contributed by atoms with van der Waals surface area (Å²) in [6.45, 7) is 5.98. The lowest BCUT2D eigenvalue weighted by Crippen LogP contribution is -2.30. The van der Waals surface area contributed by atoms with Crippen LogP contribution in [0, 0.1) is 13.8 Å². The van der Waals surface area contributed by atoms with Crippen LogP contribution in [0.4, 0.5) is 10.8 Å². The summed E-state index contributed by atoms with van der Waals surface area (Å²) >= 11 is 1.32. The number of rotatable bonds is 7. The molecule has 150 valence electrons. The molecule has 1 aromatic heterocycles. The maximum atomic E-state index is 12.4.